The molecule has 0 radical (unpaired) electrons. The summed E-state index contributed by atoms with van der Waals surface area (Å²) in [4.78, 5) is 10.8. The molecule has 0 amide bonds. The Balaban J connectivity index is 2.29. The van der Waals surface area contributed by atoms with Gasteiger partial charge in [-0.3, -0.25) is 0 Å². The van der Waals surface area contributed by atoms with Gasteiger partial charge in [-0.05, 0) is 52.3 Å². The third-order valence-electron chi connectivity index (χ3n) is 2.29. The highest BCUT2D eigenvalue weighted by Crippen LogP contribution is 2.29. The molecule has 19 heavy (non-hydrogen) atoms. The van der Waals surface area contributed by atoms with Crippen LogP contribution < -0.4 is 4.74 Å². The molecule has 2 rings (SSSR count). The van der Waals surface area contributed by atoms with Crippen molar-refractivity contribution in [1.29, 1.82) is 0 Å². The monoisotopic (exact) mass is 388 g/mol. The standard InChI is InChI=1S/C13H7Br2FO3/c14-7-1-4-12(11(16)5-7)19-8-2-3-9(13(17)18)10(15)6-8/h1-6H,(H,17,18). The van der Waals surface area contributed by atoms with Gasteiger partial charge < -0.3 is 9.84 Å². The summed E-state index contributed by atoms with van der Waals surface area (Å²) in [6.07, 6.45) is 0. The first-order chi connectivity index (χ1) is 8.97. The van der Waals surface area contributed by atoms with Crippen molar-refractivity contribution in [2.45, 2.75) is 0 Å². The van der Waals surface area contributed by atoms with E-state index in [9.17, 15) is 9.18 Å². The van der Waals surface area contributed by atoms with Crippen molar-refractivity contribution in [1.82, 2.24) is 0 Å². The number of carboxylic acid groups (broad SMARTS) is 1. The molecular formula is C13H7Br2FO3. The fourth-order valence-electron chi connectivity index (χ4n) is 1.42. The van der Waals surface area contributed by atoms with Gasteiger partial charge in [0.15, 0.2) is 11.6 Å². The second kappa shape index (κ2) is 5.71. The Morgan fingerprint density at radius 3 is 2.47 bits per heavy atom. The van der Waals surface area contributed by atoms with Gasteiger partial charge in [0, 0.05) is 8.95 Å². The number of hydrogen-bond acceptors (Lipinski definition) is 2. The normalized spacial score (nSPS) is 10.3. The van der Waals surface area contributed by atoms with Gasteiger partial charge >= 0.3 is 5.97 Å². The van der Waals surface area contributed by atoms with Crippen LogP contribution in [0.4, 0.5) is 4.39 Å². The van der Waals surface area contributed by atoms with E-state index in [2.05, 4.69) is 31.9 Å². The summed E-state index contributed by atoms with van der Waals surface area (Å²) in [5.74, 6) is -1.14. The Labute approximate surface area is 125 Å². The highest BCUT2D eigenvalue weighted by atomic mass is 79.9. The molecule has 98 valence electrons. The lowest BCUT2D eigenvalue weighted by molar-refractivity contribution is 0.0696. The minimum absolute atomic E-state index is 0.0678. The predicted octanol–water partition coefficient (Wildman–Crippen LogP) is 4.84. The Kier molecular flexibility index (Phi) is 4.21. The smallest absolute Gasteiger partial charge is 0.336 e. The van der Waals surface area contributed by atoms with Crippen molar-refractivity contribution in [2.24, 2.45) is 0 Å². The Morgan fingerprint density at radius 1 is 1.16 bits per heavy atom. The van der Waals surface area contributed by atoms with Gasteiger partial charge in [-0.1, -0.05) is 15.9 Å². The fraction of sp³-hybridized carbons (Fsp3) is 0. The van der Waals surface area contributed by atoms with Crippen molar-refractivity contribution >= 4 is 37.8 Å². The van der Waals surface area contributed by atoms with E-state index in [-0.39, 0.29) is 11.3 Å². The van der Waals surface area contributed by atoms with Crippen LogP contribution in [0.25, 0.3) is 0 Å². The molecule has 6 heteroatoms. The van der Waals surface area contributed by atoms with Gasteiger partial charge in [-0.2, -0.15) is 0 Å². The molecular weight excluding hydrogens is 383 g/mol. The third kappa shape index (κ3) is 3.33. The van der Waals surface area contributed by atoms with Crippen LogP contribution in [0, 0.1) is 5.82 Å². The lowest BCUT2D eigenvalue weighted by Crippen LogP contribution is -1.97. The van der Waals surface area contributed by atoms with Crippen LogP contribution in [0.5, 0.6) is 11.5 Å². The van der Waals surface area contributed by atoms with Crippen molar-refractivity contribution in [3.63, 3.8) is 0 Å². The van der Waals surface area contributed by atoms with Crippen molar-refractivity contribution in [2.75, 3.05) is 0 Å². The van der Waals surface area contributed by atoms with Gasteiger partial charge in [-0.25, -0.2) is 9.18 Å². The Bertz CT molecular complexity index is 644. The van der Waals surface area contributed by atoms with E-state index in [4.69, 9.17) is 9.84 Å². The number of rotatable bonds is 3. The first-order valence-corrected chi connectivity index (χ1v) is 6.71. The average molecular weight is 390 g/mol. The zero-order valence-electron chi connectivity index (χ0n) is 9.36. The van der Waals surface area contributed by atoms with Gasteiger partial charge in [0.25, 0.3) is 0 Å². The summed E-state index contributed by atoms with van der Waals surface area (Å²) in [6, 6.07) is 8.76. The van der Waals surface area contributed by atoms with Crippen LogP contribution in [0.3, 0.4) is 0 Å². The zero-order valence-corrected chi connectivity index (χ0v) is 12.5. The first-order valence-electron chi connectivity index (χ1n) is 5.13. The molecule has 0 aliphatic carbocycles. The maximum Gasteiger partial charge on any atom is 0.336 e. The maximum absolute atomic E-state index is 13.6. The molecule has 0 saturated carbocycles. The lowest BCUT2D eigenvalue weighted by atomic mass is 10.2. The van der Waals surface area contributed by atoms with Gasteiger partial charge in [0.1, 0.15) is 5.75 Å². The molecule has 0 spiro atoms. The number of ether oxygens (including phenoxy) is 1. The summed E-state index contributed by atoms with van der Waals surface area (Å²) < 4.78 is 19.9. The minimum atomic E-state index is -1.05. The molecule has 0 atom stereocenters. The largest absolute Gasteiger partial charge is 0.478 e. The molecule has 0 saturated heterocycles. The Hall–Kier alpha value is -1.40. The Morgan fingerprint density at radius 2 is 1.89 bits per heavy atom. The van der Waals surface area contributed by atoms with E-state index in [1.54, 1.807) is 6.07 Å². The molecule has 0 aromatic heterocycles. The van der Waals surface area contributed by atoms with Gasteiger partial charge in [-0.15, -0.1) is 0 Å². The number of carbonyl (C=O) groups is 1. The number of hydrogen-bond donors (Lipinski definition) is 1. The summed E-state index contributed by atoms with van der Waals surface area (Å²) in [6.45, 7) is 0. The van der Waals surface area contributed by atoms with E-state index in [1.807, 2.05) is 0 Å². The van der Waals surface area contributed by atoms with Crippen LogP contribution in [0.1, 0.15) is 10.4 Å². The van der Waals surface area contributed by atoms with Crippen molar-refractivity contribution < 1.29 is 19.0 Å². The van der Waals surface area contributed by atoms with E-state index >= 15 is 0 Å². The van der Waals surface area contributed by atoms with Gasteiger partial charge in [0.2, 0.25) is 0 Å². The number of carboxylic acids is 1. The average Bonchev–Trinajstić information content (AvgIpc) is 2.32. The number of halogens is 3. The minimum Gasteiger partial charge on any atom is -0.478 e. The SMILES string of the molecule is O=C(O)c1ccc(Oc2ccc(Br)cc2F)cc1Br. The topological polar surface area (TPSA) is 46.5 Å². The lowest BCUT2D eigenvalue weighted by Gasteiger charge is -2.08. The molecule has 3 nitrogen and oxygen atoms in total. The summed E-state index contributed by atoms with van der Waals surface area (Å²) in [5.41, 5.74) is 0.114. The predicted molar refractivity (Wildman–Crippen MR) is 75.3 cm³/mol. The molecule has 0 aliphatic rings. The molecule has 2 aromatic carbocycles. The fourth-order valence-corrected chi connectivity index (χ4v) is 2.28. The second-order valence-corrected chi connectivity index (χ2v) is 5.39. The summed E-state index contributed by atoms with van der Waals surface area (Å²) in [5, 5.41) is 8.88. The third-order valence-corrected chi connectivity index (χ3v) is 3.44. The summed E-state index contributed by atoms with van der Waals surface area (Å²) in [7, 11) is 0. The molecule has 0 bridgehead atoms. The zero-order chi connectivity index (χ0) is 14.0. The maximum atomic E-state index is 13.6. The molecule has 0 unspecified atom stereocenters. The molecule has 0 aliphatic heterocycles. The van der Waals surface area contributed by atoms with Crippen molar-refractivity contribution in [3.05, 3.63) is 56.7 Å². The first kappa shape index (κ1) is 14.0. The number of benzene rings is 2. The number of aromatic carboxylic acids is 1. The van der Waals surface area contributed by atoms with Crippen LogP contribution >= 0.6 is 31.9 Å². The van der Waals surface area contributed by atoms with E-state index in [0.29, 0.717) is 14.7 Å². The van der Waals surface area contributed by atoms with E-state index in [0.717, 1.165) is 0 Å². The molecule has 0 heterocycles. The van der Waals surface area contributed by atoms with Crippen LogP contribution in [-0.4, -0.2) is 11.1 Å². The van der Waals surface area contributed by atoms with Crippen LogP contribution in [-0.2, 0) is 0 Å². The van der Waals surface area contributed by atoms with Crippen LogP contribution in [0.2, 0.25) is 0 Å². The molecule has 2 aromatic rings. The molecule has 0 fully saturated rings. The van der Waals surface area contributed by atoms with Crippen LogP contribution in [0.15, 0.2) is 45.3 Å². The highest BCUT2D eigenvalue weighted by Gasteiger charge is 2.11. The van der Waals surface area contributed by atoms with E-state index < -0.39 is 11.8 Å². The highest BCUT2D eigenvalue weighted by molar-refractivity contribution is 9.10. The summed E-state index contributed by atoms with van der Waals surface area (Å²) >= 11 is 6.28. The van der Waals surface area contributed by atoms with Gasteiger partial charge in [0.05, 0.1) is 5.56 Å². The molecule has 1 N–H and O–H groups in total. The van der Waals surface area contributed by atoms with Crippen molar-refractivity contribution in [3.8, 4) is 11.5 Å². The quantitative estimate of drug-likeness (QED) is 0.816. The second-order valence-electron chi connectivity index (χ2n) is 3.62. The van der Waals surface area contributed by atoms with E-state index in [1.165, 1.54) is 30.3 Å².